The van der Waals surface area contributed by atoms with E-state index in [1.807, 2.05) is 4.90 Å². The van der Waals surface area contributed by atoms with Gasteiger partial charge in [0, 0.05) is 32.1 Å². The van der Waals surface area contributed by atoms with Crippen molar-refractivity contribution in [2.24, 2.45) is 0 Å². The van der Waals surface area contributed by atoms with Gasteiger partial charge in [-0.1, -0.05) is 37.1 Å². The number of nitrogens with one attached hydrogen (secondary N) is 1. The number of carbonyl (C=O) groups is 1. The molecule has 1 amide bonds. The molecule has 3 heteroatoms. The van der Waals surface area contributed by atoms with E-state index in [9.17, 15) is 4.79 Å². The highest BCUT2D eigenvalue weighted by atomic mass is 16.2. The van der Waals surface area contributed by atoms with E-state index in [2.05, 4.69) is 29.6 Å². The van der Waals surface area contributed by atoms with Crippen LogP contribution in [0.3, 0.4) is 0 Å². The van der Waals surface area contributed by atoms with Crippen molar-refractivity contribution in [1.82, 2.24) is 10.2 Å². The van der Waals surface area contributed by atoms with Crippen LogP contribution in [0.2, 0.25) is 0 Å². The fraction of sp³-hybridized carbons (Fsp3) is 0.588. The third-order valence-electron chi connectivity index (χ3n) is 4.61. The fourth-order valence-electron chi connectivity index (χ4n) is 3.38. The van der Waals surface area contributed by atoms with Crippen LogP contribution in [0.5, 0.6) is 0 Å². The van der Waals surface area contributed by atoms with Crippen molar-refractivity contribution in [3.05, 3.63) is 35.4 Å². The zero-order valence-corrected chi connectivity index (χ0v) is 12.1. The van der Waals surface area contributed by atoms with Gasteiger partial charge in [0.1, 0.15) is 0 Å². The van der Waals surface area contributed by atoms with E-state index in [0.717, 1.165) is 26.1 Å². The number of nitrogens with zero attached hydrogens (tertiary/aromatic N) is 1. The Morgan fingerprint density at radius 1 is 1.20 bits per heavy atom. The van der Waals surface area contributed by atoms with Gasteiger partial charge in [-0.2, -0.15) is 0 Å². The molecule has 0 radical (unpaired) electrons. The first-order valence-electron chi connectivity index (χ1n) is 7.91. The molecule has 0 saturated heterocycles. The van der Waals surface area contributed by atoms with Gasteiger partial charge in [0.2, 0.25) is 5.91 Å². The number of fused-ring (bicyclic) bond motifs is 1. The van der Waals surface area contributed by atoms with Crippen LogP contribution < -0.4 is 5.32 Å². The predicted molar refractivity (Wildman–Crippen MR) is 80.4 cm³/mol. The summed E-state index contributed by atoms with van der Waals surface area (Å²) in [6.45, 7) is 2.50. The minimum Gasteiger partial charge on any atom is -0.338 e. The number of benzene rings is 1. The topological polar surface area (TPSA) is 32.3 Å². The van der Waals surface area contributed by atoms with Gasteiger partial charge in [-0.05, 0) is 30.4 Å². The normalized spacial score (nSPS) is 19.1. The highest BCUT2D eigenvalue weighted by Crippen LogP contribution is 2.19. The molecule has 2 aliphatic rings. The van der Waals surface area contributed by atoms with Gasteiger partial charge in [-0.3, -0.25) is 4.79 Å². The molecule has 1 aromatic carbocycles. The Bertz CT molecular complexity index is 466. The minimum atomic E-state index is 0.296. The molecule has 1 saturated carbocycles. The second-order valence-corrected chi connectivity index (χ2v) is 6.02. The summed E-state index contributed by atoms with van der Waals surface area (Å²) < 4.78 is 0. The first-order valence-corrected chi connectivity index (χ1v) is 7.91. The largest absolute Gasteiger partial charge is 0.338 e. The summed E-state index contributed by atoms with van der Waals surface area (Å²) in [7, 11) is 0. The smallest absolute Gasteiger partial charge is 0.224 e. The number of hydrogen-bond acceptors (Lipinski definition) is 2. The van der Waals surface area contributed by atoms with Crippen LogP contribution in [0.4, 0.5) is 0 Å². The van der Waals surface area contributed by atoms with Crippen LogP contribution in [-0.4, -0.2) is 29.9 Å². The summed E-state index contributed by atoms with van der Waals surface area (Å²) in [4.78, 5) is 14.3. The first-order chi connectivity index (χ1) is 9.83. The predicted octanol–water partition coefficient (Wildman–Crippen LogP) is 2.49. The molecule has 1 aliphatic heterocycles. The maximum atomic E-state index is 12.3. The van der Waals surface area contributed by atoms with Crippen molar-refractivity contribution in [3.63, 3.8) is 0 Å². The molecule has 108 valence electrons. The molecule has 0 spiro atoms. The molecule has 1 fully saturated rings. The van der Waals surface area contributed by atoms with E-state index < -0.39 is 0 Å². The van der Waals surface area contributed by atoms with E-state index in [1.165, 1.54) is 36.8 Å². The van der Waals surface area contributed by atoms with Crippen molar-refractivity contribution in [3.8, 4) is 0 Å². The average molecular weight is 272 g/mol. The number of carbonyl (C=O) groups excluding carboxylic acids is 1. The van der Waals surface area contributed by atoms with E-state index in [4.69, 9.17) is 0 Å². The lowest BCUT2D eigenvalue weighted by Gasteiger charge is -2.29. The van der Waals surface area contributed by atoms with Gasteiger partial charge in [-0.25, -0.2) is 0 Å². The first kappa shape index (κ1) is 13.6. The van der Waals surface area contributed by atoms with Gasteiger partial charge in [0.25, 0.3) is 0 Å². The minimum absolute atomic E-state index is 0.296. The summed E-state index contributed by atoms with van der Waals surface area (Å²) in [5.74, 6) is 0.296. The standard InChI is InChI=1S/C17H24N2O/c20-17(9-11-18-16-7-3-4-8-16)19-12-10-14-5-1-2-6-15(14)13-19/h1-2,5-6,16,18H,3-4,7-13H2. The lowest BCUT2D eigenvalue weighted by atomic mass is 10.00. The molecule has 0 aromatic heterocycles. The third kappa shape index (κ3) is 3.21. The molecule has 3 nitrogen and oxygen atoms in total. The molecular formula is C17H24N2O. The van der Waals surface area contributed by atoms with Gasteiger partial charge < -0.3 is 10.2 Å². The number of amides is 1. The van der Waals surface area contributed by atoms with Crippen LogP contribution in [0.1, 0.15) is 43.2 Å². The Labute approximate surface area is 121 Å². The molecule has 1 heterocycles. The van der Waals surface area contributed by atoms with Gasteiger partial charge in [-0.15, -0.1) is 0 Å². The zero-order chi connectivity index (χ0) is 13.8. The number of hydrogen-bond donors (Lipinski definition) is 1. The molecule has 1 N–H and O–H groups in total. The van der Waals surface area contributed by atoms with Crippen molar-refractivity contribution in [2.75, 3.05) is 13.1 Å². The van der Waals surface area contributed by atoms with Crippen LogP contribution in [0.25, 0.3) is 0 Å². The summed E-state index contributed by atoms with van der Waals surface area (Å²) in [6.07, 6.45) is 6.89. The van der Waals surface area contributed by atoms with Crippen molar-refractivity contribution in [1.29, 1.82) is 0 Å². The zero-order valence-electron chi connectivity index (χ0n) is 12.1. The van der Waals surface area contributed by atoms with Crippen molar-refractivity contribution < 1.29 is 4.79 Å². The highest BCUT2D eigenvalue weighted by Gasteiger charge is 2.20. The monoisotopic (exact) mass is 272 g/mol. The lowest BCUT2D eigenvalue weighted by molar-refractivity contribution is -0.132. The van der Waals surface area contributed by atoms with E-state index in [1.54, 1.807) is 0 Å². The van der Waals surface area contributed by atoms with Crippen molar-refractivity contribution >= 4 is 5.91 Å². The van der Waals surface area contributed by atoms with Crippen LogP contribution in [0.15, 0.2) is 24.3 Å². The Kier molecular flexibility index (Phi) is 4.36. The summed E-state index contributed by atoms with van der Waals surface area (Å²) in [5.41, 5.74) is 2.72. The van der Waals surface area contributed by atoms with Crippen LogP contribution in [0, 0.1) is 0 Å². The number of rotatable bonds is 4. The van der Waals surface area contributed by atoms with Gasteiger partial charge >= 0.3 is 0 Å². The van der Waals surface area contributed by atoms with E-state index in [0.29, 0.717) is 18.4 Å². The second-order valence-electron chi connectivity index (χ2n) is 6.02. The van der Waals surface area contributed by atoms with Crippen LogP contribution in [-0.2, 0) is 17.8 Å². The van der Waals surface area contributed by atoms with E-state index in [-0.39, 0.29) is 0 Å². The third-order valence-corrected chi connectivity index (χ3v) is 4.61. The summed E-state index contributed by atoms with van der Waals surface area (Å²) in [5, 5.41) is 3.52. The lowest BCUT2D eigenvalue weighted by Crippen LogP contribution is -2.38. The highest BCUT2D eigenvalue weighted by molar-refractivity contribution is 5.76. The SMILES string of the molecule is O=C(CCNC1CCCC1)N1CCc2ccccc2C1. The Morgan fingerprint density at radius 2 is 1.95 bits per heavy atom. The average Bonchev–Trinajstić information content (AvgIpc) is 3.00. The van der Waals surface area contributed by atoms with Gasteiger partial charge in [0.15, 0.2) is 0 Å². The van der Waals surface area contributed by atoms with E-state index >= 15 is 0 Å². The summed E-state index contributed by atoms with van der Waals surface area (Å²) >= 11 is 0. The molecule has 3 rings (SSSR count). The quantitative estimate of drug-likeness (QED) is 0.913. The molecule has 0 atom stereocenters. The Morgan fingerprint density at radius 3 is 2.75 bits per heavy atom. The molecule has 0 unspecified atom stereocenters. The molecule has 1 aliphatic carbocycles. The maximum Gasteiger partial charge on any atom is 0.224 e. The molecule has 1 aromatic rings. The second kappa shape index (κ2) is 6.40. The molecular weight excluding hydrogens is 248 g/mol. The van der Waals surface area contributed by atoms with Gasteiger partial charge in [0.05, 0.1) is 0 Å². The molecule has 0 bridgehead atoms. The van der Waals surface area contributed by atoms with Crippen molar-refractivity contribution in [2.45, 2.75) is 51.1 Å². The Balaban J connectivity index is 1.46. The Hall–Kier alpha value is -1.35. The van der Waals surface area contributed by atoms with Crippen LogP contribution >= 0.6 is 0 Å². The maximum absolute atomic E-state index is 12.3. The fourth-order valence-corrected chi connectivity index (χ4v) is 3.38. The summed E-state index contributed by atoms with van der Waals surface area (Å²) in [6, 6.07) is 9.13. The molecule has 20 heavy (non-hydrogen) atoms.